The highest BCUT2D eigenvalue weighted by molar-refractivity contribution is 6.30. The molecule has 2 atom stereocenters. The number of carbonyl (C=O) groups excluding carboxylic acids is 2. The summed E-state index contributed by atoms with van der Waals surface area (Å²) in [6.45, 7) is 1.86. The monoisotopic (exact) mass is 413 g/mol. The Hall–Kier alpha value is -2.83. The molecule has 2 heterocycles. The van der Waals surface area contributed by atoms with Gasteiger partial charge in [0, 0.05) is 12.1 Å². The molecule has 0 spiro atoms. The topological polar surface area (TPSA) is 65.1 Å². The molecule has 1 saturated heterocycles. The lowest BCUT2D eigenvalue weighted by atomic mass is 9.85. The predicted octanol–water partition coefficient (Wildman–Crippen LogP) is 3.40. The molecule has 0 bridgehead atoms. The quantitative estimate of drug-likeness (QED) is 0.721. The Morgan fingerprint density at radius 2 is 1.79 bits per heavy atom. The largest absolute Gasteiger partial charge is 0.493 e. The van der Waals surface area contributed by atoms with Crippen LogP contribution in [0.15, 0.2) is 42.0 Å². The first-order valence-electron chi connectivity index (χ1n) is 9.04. The van der Waals surface area contributed by atoms with Crippen LogP contribution < -0.4 is 9.47 Å². The van der Waals surface area contributed by atoms with E-state index in [1.165, 1.54) is 7.05 Å². The fraction of sp³-hybridized carbons (Fsp3) is 0.273. The molecule has 2 aromatic carbocycles. The van der Waals surface area contributed by atoms with Gasteiger partial charge in [0.05, 0.1) is 19.8 Å². The van der Waals surface area contributed by atoms with Gasteiger partial charge in [0.2, 0.25) is 0 Å². The van der Waals surface area contributed by atoms with E-state index in [0.29, 0.717) is 22.1 Å². The fourth-order valence-electron chi connectivity index (χ4n) is 3.86. The molecule has 0 saturated carbocycles. The molecule has 2 aliphatic rings. The maximum atomic E-state index is 12.7. The lowest BCUT2D eigenvalue weighted by molar-refractivity contribution is -0.145. The maximum Gasteiger partial charge on any atom is 0.263 e. The third kappa shape index (κ3) is 2.91. The van der Waals surface area contributed by atoms with E-state index in [2.05, 4.69) is 0 Å². The van der Waals surface area contributed by atoms with Crippen molar-refractivity contribution in [3.8, 4) is 11.5 Å². The third-order valence-corrected chi connectivity index (χ3v) is 5.75. The number of halogens is 1. The molecule has 0 unspecified atom stereocenters. The van der Waals surface area contributed by atoms with E-state index in [0.717, 1.165) is 21.6 Å². The zero-order valence-corrected chi connectivity index (χ0v) is 17.2. The Morgan fingerprint density at radius 3 is 2.48 bits per heavy atom. The van der Waals surface area contributed by atoms with Crippen LogP contribution in [0.4, 0.5) is 0 Å². The first-order chi connectivity index (χ1) is 13.8. The minimum atomic E-state index is -1.07. The van der Waals surface area contributed by atoms with Crippen molar-refractivity contribution in [1.82, 2.24) is 4.90 Å². The molecule has 6 nitrogen and oxygen atoms in total. The molecular weight excluding hydrogens is 394 g/mol. The first-order valence-corrected chi connectivity index (χ1v) is 9.41. The zero-order chi connectivity index (χ0) is 20.9. The minimum absolute atomic E-state index is 0.310. The maximum absolute atomic E-state index is 12.7. The highest BCUT2D eigenvalue weighted by Crippen LogP contribution is 2.45. The van der Waals surface area contributed by atoms with Gasteiger partial charge in [-0.15, -0.1) is 0 Å². The average Bonchev–Trinajstić information content (AvgIpc) is 2.85. The van der Waals surface area contributed by atoms with Crippen LogP contribution in [-0.2, 0) is 19.9 Å². The zero-order valence-electron chi connectivity index (χ0n) is 16.5. The van der Waals surface area contributed by atoms with E-state index >= 15 is 0 Å². The Bertz CT molecular complexity index is 1060. The van der Waals surface area contributed by atoms with E-state index in [1.807, 2.05) is 19.1 Å². The van der Waals surface area contributed by atoms with Crippen molar-refractivity contribution >= 4 is 29.5 Å². The number of rotatable bonds is 3. The number of likely N-dealkylation sites (tertiary alicyclic amines) is 1. The molecule has 7 heteroatoms. The number of imide groups is 1. The number of hydrogen-bond donors (Lipinski definition) is 0. The van der Waals surface area contributed by atoms with Crippen LogP contribution >= 0.6 is 11.6 Å². The van der Waals surface area contributed by atoms with Crippen LogP contribution in [0.5, 0.6) is 11.5 Å². The highest BCUT2D eigenvalue weighted by atomic mass is 35.5. The van der Waals surface area contributed by atoms with Crippen molar-refractivity contribution in [2.75, 3.05) is 21.3 Å². The van der Waals surface area contributed by atoms with Crippen LogP contribution in [0.1, 0.15) is 23.6 Å². The number of hydrogen-bond acceptors (Lipinski definition) is 5. The second-order valence-electron chi connectivity index (χ2n) is 7.13. The van der Waals surface area contributed by atoms with Crippen LogP contribution in [0.25, 0.3) is 6.08 Å². The summed E-state index contributed by atoms with van der Waals surface area (Å²) in [4.78, 5) is 26.4. The second kappa shape index (κ2) is 6.90. The van der Waals surface area contributed by atoms with Gasteiger partial charge >= 0.3 is 0 Å². The summed E-state index contributed by atoms with van der Waals surface area (Å²) in [6.07, 6.45) is 0.711. The Balaban J connectivity index is 1.96. The second-order valence-corrected chi connectivity index (χ2v) is 7.57. The lowest BCUT2D eigenvalue weighted by Gasteiger charge is -2.33. The summed E-state index contributed by atoms with van der Waals surface area (Å²) in [5.74, 6) is 0.344. The van der Waals surface area contributed by atoms with Crippen molar-refractivity contribution < 1.29 is 23.8 Å². The Morgan fingerprint density at radius 1 is 1.07 bits per heavy atom. The standard InChI is InChI=1S/C22H20ClNO5/c1-22(13-6-8-17(27-3)18(10-13)28-4)16-11-14(23)7-5-12(16)9-15-19(29-22)21(26)24(2)20(15)25/h5-11,19H,1-4H3/t19-,22+/m0/s1. The first kappa shape index (κ1) is 19.5. The van der Waals surface area contributed by atoms with E-state index < -0.39 is 17.6 Å². The molecule has 0 N–H and O–H groups in total. The van der Waals surface area contributed by atoms with Gasteiger partial charge in [-0.25, -0.2) is 0 Å². The molecule has 150 valence electrons. The molecule has 0 radical (unpaired) electrons. The predicted molar refractivity (Wildman–Crippen MR) is 108 cm³/mol. The normalized spacial score (nSPS) is 23.3. The van der Waals surface area contributed by atoms with Crippen molar-refractivity contribution in [1.29, 1.82) is 0 Å². The van der Waals surface area contributed by atoms with E-state index in [4.69, 9.17) is 25.8 Å². The number of carbonyl (C=O) groups is 2. The number of methoxy groups -OCH3 is 2. The molecule has 2 aromatic rings. The van der Waals surface area contributed by atoms with Crippen LogP contribution in [0.2, 0.25) is 5.02 Å². The van der Waals surface area contributed by atoms with Crippen molar-refractivity contribution in [2.45, 2.75) is 18.6 Å². The van der Waals surface area contributed by atoms with Gasteiger partial charge < -0.3 is 14.2 Å². The third-order valence-electron chi connectivity index (χ3n) is 5.52. The van der Waals surface area contributed by atoms with Gasteiger partial charge in [0.1, 0.15) is 5.60 Å². The van der Waals surface area contributed by atoms with Gasteiger partial charge in [-0.1, -0.05) is 23.7 Å². The average molecular weight is 414 g/mol. The summed E-state index contributed by atoms with van der Waals surface area (Å²) < 4.78 is 17.2. The van der Waals surface area contributed by atoms with Gasteiger partial charge in [-0.2, -0.15) is 0 Å². The number of nitrogens with zero attached hydrogens (tertiary/aromatic N) is 1. The van der Waals surface area contributed by atoms with Gasteiger partial charge in [0.15, 0.2) is 17.6 Å². The molecule has 4 rings (SSSR count). The van der Waals surface area contributed by atoms with Crippen LogP contribution in [0.3, 0.4) is 0 Å². The van der Waals surface area contributed by atoms with Gasteiger partial charge in [0.25, 0.3) is 11.8 Å². The summed E-state index contributed by atoms with van der Waals surface area (Å²) >= 11 is 6.29. The van der Waals surface area contributed by atoms with E-state index in [-0.39, 0.29) is 5.91 Å². The summed E-state index contributed by atoms with van der Waals surface area (Å²) in [5, 5.41) is 0.527. The van der Waals surface area contributed by atoms with E-state index in [1.54, 1.807) is 44.6 Å². The number of fused-ring (bicyclic) bond motifs is 2. The molecule has 2 amide bonds. The SMILES string of the molecule is COc1ccc([C@@]2(C)O[C@@H]3C(=O)N(C)C(=O)C3=Cc3ccc(Cl)cc32)cc1OC. The number of amides is 2. The number of ether oxygens (including phenoxy) is 3. The smallest absolute Gasteiger partial charge is 0.263 e. The summed E-state index contributed by atoms with van der Waals surface area (Å²) in [5.41, 5.74) is 1.50. The Labute approximate surface area is 173 Å². The molecule has 0 aliphatic carbocycles. The van der Waals surface area contributed by atoms with Gasteiger partial charge in [-0.3, -0.25) is 14.5 Å². The highest BCUT2D eigenvalue weighted by Gasteiger charge is 2.49. The molecule has 1 fully saturated rings. The molecule has 0 aromatic heterocycles. The Kier molecular flexibility index (Phi) is 4.63. The summed E-state index contributed by atoms with van der Waals surface area (Å²) in [6, 6.07) is 10.8. The fourth-order valence-corrected chi connectivity index (χ4v) is 4.03. The lowest BCUT2D eigenvalue weighted by Crippen LogP contribution is -2.37. The number of likely N-dealkylation sites (N-methyl/N-ethyl adjacent to an activating group) is 1. The minimum Gasteiger partial charge on any atom is -0.493 e. The van der Waals surface area contributed by atoms with Crippen molar-refractivity contribution in [3.63, 3.8) is 0 Å². The summed E-state index contributed by atoms with van der Waals surface area (Å²) in [7, 11) is 4.57. The van der Waals surface area contributed by atoms with Gasteiger partial charge in [-0.05, 0) is 54.0 Å². The van der Waals surface area contributed by atoms with E-state index in [9.17, 15) is 9.59 Å². The molecule has 2 aliphatic heterocycles. The molecular formula is C22H20ClNO5. The number of benzene rings is 2. The van der Waals surface area contributed by atoms with Crippen molar-refractivity contribution in [3.05, 3.63) is 63.7 Å². The van der Waals surface area contributed by atoms with Crippen LogP contribution in [0, 0.1) is 0 Å². The van der Waals surface area contributed by atoms with Crippen molar-refractivity contribution in [2.24, 2.45) is 0 Å². The molecule has 29 heavy (non-hydrogen) atoms. The van der Waals surface area contributed by atoms with Crippen LogP contribution in [-0.4, -0.2) is 44.1 Å².